The minimum Gasteiger partial charge on any atom is -0.352 e. The summed E-state index contributed by atoms with van der Waals surface area (Å²) in [5, 5.41) is 6.08. The topological polar surface area (TPSA) is 61.4 Å². The number of nitrogens with zero attached hydrogens (tertiary/aromatic N) is 1. The summed E-state index contributed by atoms with van der Waals surface area (Å²) in [7, 11) is 1.79. The van der Waals surface area contributed by atoms with Crippen LogP contribution in [-0.2, 0) is 9.59 Å². The Morgan fingerprint density at radius 3 is 2.16 bits per heavy atom. The molecule has 0 atom stereocenters. The van der Waals surface area contributed by atoms with Crippen LogP contribution in [0.4, 0.5) is 0 Å². The van der Waals surface area contributed by atoms with Gasteiger partial charge in [0, 0.05) is 25.0 Å². The molecule has 19 heavy (non-hydrogen) atoms. The van der Waals surface area contributed by atoms with Crippen LogP contribution in [0.3, 0.4) is 0 Å². The van der Waals surface area contributed by atoms with E-state index in [9.17, 15) is 9.59 Å². The fraction of sp³-hybridized carbons (Fsp3) is 0.857. The summed E-state index contributed by atoms with van der Waals surface area (Å²) in [6, 6.07) is 0.198. The lowest BCUT2D eigenvalue weighted by Crippen LogP contribution is -2.55. The fourth-order valence-corrected chi connectivity index (χ4v) is 2.31. The molecular formula is C14H25N3O2. The van der Waals surface area contributed by atoms with Gasteiger partial charge in [-0.1, -0.05) is 0 Å². The van der Waals surface area contributed by atoms with Crippen LogP contribution in [0.25, 0.3) is 0 Å². The van der Waals surface area contributed by atoms with E-state index in [0.717, 1.165) is 38.8 Å². The van der Waals surface area contributed by atoms with Crippen LogP contribution < -0.4 is 10.6 Å². The third-order valence-corrected chi connectivity index (χ3v) is 4.26. The molecule has 1 heterocycles. The first-order valence-electron chi connectivity index (χ1n) is 7.22. The van der Waals surface area contributed by atoms with Crippen molar-refractivity contribution in [3.63, 3.8) is 0 Å². The average Bonchev–Trinajstić information content (AvgIpc) is 3.23. The SMILES string of the molecule is CNC(C)(C)C(=O)NC1CCN(C(=O)C2CC2)CC1. The first kappa shape index (κ1) is 14.3. The van der Waals surface area contributed by atoms with E-state index < -0.39 is 5.54 Å². The van der Waals surface area contributed by atoms with Gasteiger partial charge in [0.1, 0.15) is 0 Å². The van der Waals surface area contributed by atoms with E-state index in [4.69, 9.17) is 0 Å². The quantitative estimate of drug-likeness (QED) is 0.780. The highest BCUT2D eigenvalue weighted by Crippen LogP contribution is 2.31. The van der Waals surface area contributed by atoms with Crippen molar-refractivity contribution in [2.45, 2.75) is 51.1 Å². The van der Waals surface area contributed by atoms with Crippen LogP contribution in [0, 0.1) is 5.92 Å². The predicted molar refractivity (Wildman–Crippen MR) is 73.6 cm³/mol. The first-order valence-corrected chi connectivity index (χ1v) is 7.22. The second-order valence-corrected chi connectivity index (χ2v) is 6.22. The summed E-state index contributed by atoms with van der Waals surface area (Å²) >= 11 is 0. The summed E-state index contributed by atoms with van der Waals surface area (Å²) < 4.78 is 0. The number of piperidine rings is 1. The van der Waals surface area contributed by atoms with Crippen molar-refractivity contribution >= 4 is 11.8 Å². The monoisotopic (exact) mass is 267 g/mol. The van der Waals surface area contributed by atoms with Gasteiger partial charge in [0.15, 0.2) is 0 Å². The average molecular weight is 267 g/mol. The molecule has 1 aliphatic carbocycles. The van der Waals surface area contributed by atoms with Gasteiger partial charge in [-0.15, -0.1) is 0 Å². The molecule has 1 aliphatic heterocycles. The zero-order chi connectivity index (χ0) is 14.0. The Hall–Kier alpha value is -1.10. The maximum atomic E-state index is 12.0. The van der Waals surface area contributed by atoms with Gasteiger partial charge in [0.25, 0.3) is 0 Å². The maximum Gasteiger partial charge on any atom is 0.239 e. The molecule has 0 aromatic carbocycles. The summed E-state index contributed by atoms with van der Waals surface area (Å²) in [4.78, 5) is 25.9. The highest BCUT2D eigenvalue weighted by Gasteiger charge is 2.35. The first-order chi connectivity index (χ1) is 8.94. The zero-order valence-corrected chi connectivity index (χ0v) is 12.2. The number of hydrogen-bond donors (Lipinski definition) is 2. The molecule has 0 bridgehead atoms. The van der Waals surface area contributed by atoms with Crippen molar-refractivity contribution in [3.8, 4) is 0 Å². The highest BCUT2D eigenvalue weighted by atomic mass is 16.2. The van der Waals surface area contributed by atoms with Crippen molar-refractivity contribution in [3.05, 3.63) is 0 Å². The van der Waals surface area contributed by atoms with E-state index in [0.29, 0.717) is 11.8 Å². The minimum atomic E-state index is -0.541. The van der Waals surface area contributed by atoms with Crippen molar-refractivity contribution in [2.75, 3.05) is 20.1 Å². The third-order valence-electron chi connectivity index (χ3n) is 4.26. The van der Waals surface area contributed by atoms with Gasteiger partial charge in [0.2, 0.25) is 11.8 Å². The molecule has 0 radical (unpaired) electrons. The molecule has 1 saturated heterocycles. The number of nitrogens with one attached hydrogen (secondary N) is 2. The van der Waals surface area contributed by atoms with E-state index in [-0.39, 0.29) is 11.9 Å². The van der Waals surface area contributed by atoms with Crippen LogP contribution in [0.15, 0.2) is 0 Å². The Morgan fingerprint density at radius 2 is 1.68 bits per heavy atom. The lowest BCUT2D eigenvalue weighted by Gasteiger charge is -2.34. The molecule has 2 amide bonds. The summed E-state index contributed by atoms with van der Waals surface area (Å²) in [6.07, 6.45) is 3.85. The summed E-state index contributed by atoms with van der Waals surface area (Å²) in [6.45, 7) is 5.29. The number of rotatable bonds is 4. The maximum absolute atomic E-state index is 12.0. The largest absolute Gasteiger partial charge is 0.352 e. The van der Waals surface area contributed by atoms with Gasteiger partial charge in [-0.25, -0.2) is 0 Å². The van der Waals surface area contributed by atoms with Gasteiger partial charge >= 0.3 is 0 Å². The molecule has 2 fully saturated rings. The van der Waals surface area contributed by atoms with Gasteiger partial charge in [0.05, 0.1) is 5.54 Å². The van der Waals surface area contributed by atoms with Gasteiger partial charge < -0.3 is 15.5 Å². The zero-order valence-electron chi connectivity index (χ0n) is 12.2. The van der Waals surface area contributed by atoms with E-state index in [2.05, 4.69) is 10.6 Å². The van der Waals surface area contributed by atoms with Crippen molar-refractivity contribution in [1.29, 1.82) is 0 Å². The third kappa shape index (κ3) is 3.47. The van der Waals surface area contributed by atoms with E-state index in [1.807, 2.05) is 18.7 Å². The molecule has 5 nitrogen and oxygen atoms in total. The molecule has 5 heteroatoms. The molecule has 2 rings (SSSR count). The molecular weight excluding hydrogens is 242 g/mol. The van der Waals surface area contributed by atoms with Crippen LogP contribution in [-0.4, -0.2) is 48.4 Å². The molecule has 0 aromatic heterocycles. The summed E-state index contributed by atoms with van der Waals surface area (Å²) in [5.74, 6) is 0.650. The van der Waals surface area contributed by atoms with E-state index in [1.54, 1.807) is 7.05 Å². The smallest absolute Gasteiger partial charge is 0.239 e. The van der Waals surface area contributed by atoms with Crippen LogP contribution in [0.1, 0.15) is 39.5 Å². The molecule has 0 spiro atoms. The number of carbonyl (C=O) groups excluding carboxylic acids is 2. The van der Waals surface area contributed by atoms with Crippen molar-refractivity contribution < 1.29 is 9.59 Å². The van der Waals surface area contributed by atoms with E-state index >= 15 is 0 Å². The van der Waals surface area contributed by atoms with E-state index in [1.165, 1.54) is 0 Å². The Bertz CT molecular complexity index is 356. The minimum absolute atomic E-state index is 0.0296. The van der Waals surface area contributed by atoms with Gasteiger partial charge in [-0.3, -0.25) is 9.59 Å². The van der Waals surface area contributed by atoms with Crippen LogP contribution in [0.5, 0.6) is 0 Å². The number of likely N-dealkylation sites (tertiary alicyclic amines) is 1. The Morgan fingerprint density at radius 1 is 1.11 bits per heavy atom. The lowest BCUT2D eigenvalue weighted by molar-refractivity contribution is -0.133. The molecule has 2 N–H and O–H groups in total. The van der Waals surface area contributed by atoms with Crippen LogP contribution in [0.2, 0.25) is 0 Å². The fourth-order valence-electron chi connectivity index (χ4n) is 2.31. The number of hydrogen-bond acceptors (Lipinski definition) is 3. The Kier molecular flexibility index (Phi) is 4.13. The lowest BCUT2D eigenvalue weighted by atomic mass is 10.0. The molecule has 0 aromatic rings. The second kappa shape index (κ2) is 5.49. The van der Waals surface area contributed by atoms with Crippen molar-refractivity contribution in [2.24, 2.45) is 5.92 Å². The van der Waals surface area contributed by atoms with Gasteiger partial charge in [-0.05, 0) is 46.6 Å². The predicted octanol–water partition coefficient (Wildman–Crippen LogP) is 0.502. The number of carbonyl (C=O) groups is 2. The molecule has 0 unspecified atom stereocenters. The molecule has 108 valence electrons. The summed E-state index contributed by atoms with van der Waals surface area (Å²) in [5.41, 5.74) is -0.541. The van der Waals surface area contributed by atoms with Gasteiger partial charge in [-0.2, -0.15) is 0 Å². The molecule has 1 saturated carbocycles. The Balaban J connectivity index is 1.77. The highest BCUT2D eigenvalue weighted by molar-refractivity contribution is 5.85. The molecule has 2 aliphatic rings. The standard InChI is InChI=1S/C14H25N3O2/c1-14(2,15-3)13(19)16-11-6-8-17(9-7-11)12(18)10-4-5-10/h10-11,15H,4-9H2,1-3H3,(H,16,19). The number of amides is 2. The number of likely N-dealkylation sites (N-methyl/N-ethyl adjacent to an activating group) is 1. The van der Waals surface area contributed by atoms with Crippen LogP contribution >= 0.6 is 0 Å². The second-order valence-electron chi connectivity index (χ2n) is 6.22. The Labute approximate surface area is 115 Å². The normalized spacial score (nSPS) is 21.3. The van der Waals surface area contributed by atoms with Crippen molar-refractivity contribution in [1.82, 2.24) is 15.5 Å².